The van der Waals surface area contributed by atoms with E-state index in [-0.39, 0.29) is 11.5 Å². The Balaban J connectivity index is 1.32. The van der Waals surface area contributed by atoms with Crippen LogP contribution in [0.4, 0.5) is 0 Å². The fourth-order valence-corrected chi connectivity index (χ4v) is 4.68. The largest absolute Gasteiger partial charge is 0.379 e. The van der Waals surface area contributed by atoms with E-state index in [2.05, 4.69) is 4.90 Å². The molecule has 5 nitrogen and oxygen atoms in total. The molecule has 0 aliphatic carbocycles. The molecule has 26 heavy (non-hydrogen) atoms. The van der Waals surface area contributed by atoms with Crippen LogP contribution in [-0.4, -0.2) is 73.9 Å². The van der Waals surface area contributed by atoms with Gasteiger partial charge in [0, 0.05) is 32.7 Å². The molecule has 1 aromatic rings. The Morgan fingerprint density at radius 2 is 1.96 bits per heavy atom. The minimum absolute atomic E-state index is 0.110. The predicted molar refractivity (Wildman–Crippen MR) is 100 cm³/mol. The number of ether oxygens (including phenoxy) is 2. The molecule has 3 aliphatic heterocycles. The van der Waals surface area contributed by atoms with E-state index in [1.54, 1.807) is 0 Å². The van der Waals surface area contributed by atoms with Crippen LogP contribution >= 0.6 is 0 Å². The summed E-state index contributed by atoms with van der Waals surface area (Å²) in [5.41, 5.74) is 0.983. The zero-order chi connectivity index (χ0) is 17.8. The number of nitrogens with zero attached hydrogens (tertiary/aromatic N) is 2. The second kappa shape index (κ2) is 8.07. The molecular weight excluding hydrogens is 328 g/mol. The monoisotopic (exact) mass is 358 g/mol. The Labute approximate surface area is 156 Å². The van der Waals surface area contributed by atoms with Crippen LogP contribution < -0.4 is 0 Å². The summed E-state index contributed by atoms with van der Waals surface area (Å²) in [6.45, 7) is 7.32. The van der Waals surface area contributed by atoms with Crippen molar-refractivity contribution >= 4 is 5.91 Å². The normalized spacial score (nSPS) is 30.0. The van der Waals surface area contributed by atoms with Gasteiger partial charge in [0.1, 0.15) is 0 Å². The maximum Gasteiger partial charge on any atom is 0.227 e. The van der Waals surface area contributed by atoms with E-state index in [0.29, 0.717) is 12.3 Å². The third-order valence-corrected chi connectivity index (χ3v) is 6.00. The van der Waals surface area contributed by atoms with E-state index in [1.807, 2.05) is 35.2 Å². The third kappa shape index (κ3) is 4.27. The smallest absolute Gasteiger partial charge is 0.227 e. The van der Waals surface area contributed by atoms with Crippen molar-refractivity contribution in [2.24, 2.45) is 5.92 Å². The molecule has 4 rings (SSSR count). The van der Waals surface area contributed by atoms with Crippen LogP contribution in [0.25, 0.3) is 0 Å². The van der Waals surface area contributed by atoms with Crippen LogP contribution in [0.5, 0.6) is 0 Å². The molecular formula is C21H30N2O3. The van der Waals surface area contributed by atoms with Crippen molar-refractivity contribution < 1.29 is 14.3 Å². The number of amides is 1. The van der Waals surface area contributed by atoms with Gasteiger partial charge < -0.3 is 14.4 Å². The number of rotatable bonds is 4. The maximum atomic E-state index is 12.8. The summed E-state index contributed by atoms with van der Waals surface area (Å²) in [6.07, 6.45) is 3.71. The third-order valence-electron chi connectivity index (χ3n) is 6.00. The van der Waals surface area contributed by atoms with E-state index < -0.39 is 0 Å². The Morgan fingerprint density at radius 1 is 1.15 bits per heavy atom. The van der Waals surface area contributed by atoms with E-state index in [1.165, 1.54) is 0 Å². The summed E-state index contributed by atoms with van der Waals surface area (Å²) >= 11 is 0. The number of piperidine rings is 1. The van der Waals surface area contributed by atoms with Crippen LogP contribution in [0.1, 0.15) is 24.8 Å². The van der Waals surface area contributed by atoms with E-state index in [4.69, 9.17) is 9.47 Å². The van der Waals surface area contributed by atoms with Crippen LogP contribution in [-0.2, 0) is 20.7 Å². The molecule has 3 saturated heterocycles. The van der Waals surface area contributed by atoms with Crippen molar-refractivity contribution in [1.29, 1.82) is 0 Å². The second-order valence-corrected chi connectivity index (χ2v) is 8.06. The quantitative estimate of drug-likeness (QED) is 0.825. The molecule has 1 amide bonds. The van der Waals surface area contributed by atoms with E-state index >= 15 is 0 Å². The van der Waals surface area contributed by atoms with Gasteiger partial charge in [-0.25, -0.2) is 0 Å². The first kappa shape index (κ1) is 18.0. The molecule has 5 heteroatoms. The number of hydrogen-bond donors (Lipinski definition) is 0. The van der Waals surface area contributed by atoms with Gasteiger partial charge in [0.05, 0.1) is 31.8 Å². The molecule has 0 aromatic heterocycles. The van der Waals surface area contributed by atoms with Crippen LogP contribution in [0.15, 0.2) is 30.3 Å². The average molecular weight is 358 g/mol. The highest BCUT2D eigenvalue weighted by atomic mass is 16.5. The van der Waals surface area contributed by atoms with Gasteiger partial charge in [-0.15, -0.1) is 0 Å². The second-order valence-electron chi connectivity index (χ2n) is 8.06. The van der Waals surface area contributed by atoms with Gasteiger partial charge in [0.15, 0.2) is 0 Å². The first-order chi connectivity index (χ1) is 12.7. The highest BCUT2D eigenvalue weighted by Gasteiger charge is 2.44. The highest BCUT2D eigenvalue weighted by Crippen LogP contribution is 2.38. The number of carbonyl (C=O) groups excluding carboxylic acids is 1. The lowest BCUT2D eigenvalue weighted by Crippen LogP contribution is -2.50. The average Bonchev–Trinajstić information content (AvgIpc) is 3.05. The van der Waals surface area contributed by atoms with Crippen molar-refractivity contribution in [2.75, 3.05) is 52.5 Å². The minimum Gasteiger partial charge on any atom is -0.379 e. The molecule has 0 radical (unpaired) electrons. The summed E-state index contributed by atoms with van der Waals surface area (Å²) in [6, 6.07) is 10.0. The molecule has 3 fully saturated rings. The zero-order valence-electron chi connectivity index (χ0n) is 15.6. The number of likely N-dealkylation sites (tertiary alicyclic amines) is 1. The zero-order valence-corrected chi connectivity index (χ0v) is 15.6. The fourth-order valence-electron chi connectivity index (χ4n) is 4.68. The van der Waals surface area contributed by atoms with Crippen molar-refractivity contribution in [3.8, 4) is 0 Å². The topological polar surface area (TPSA) is 42.0 Å². The van der Waals surface area contributed by atoms with Crippen molar-refractivity contribution in [2.45, 2.75) is 31.3 Å². The highest BCUT2D eigenvalue weighted by molar-refractivity contribution is 5.79. The van der Waals surface area contributed by atoms with Gasteiger partial charge in [0.2, 0.25) is 5.91 Å². The molecule has 0 unspecified atom stereocenters. The number of benzene rings is 1. The Kier molecular flexibility index (Phi) is 5.57. The lowest BCUT2D eigenvalue weighted by Gasteiger charge is -2.40. The minimum atomic E-state index is -0.110. The molecule has 1 aromatic carbocycles. The molecule has 0 N–H and O–H groups in total. The van der Waals surface area contributed by atoms with Gasteiger partial charge in [-0.1, -0.05) is 30.3 Å². The van der Waals surface area contributed by atoms with Crippen molar-refractivity contribution in [3.63, 3.8) is 0 Å². The summed E-state index contributed by atoms with van der Waals surface area (Å²) in [5, 5.41) is 0. The number of morpholine rings is 1. The van der Waals surface area contributed by atoms with Gasteiger partial charge >= 0.3 is 0 Å². The number of carbonyl (C=O) groups is 1. The first-order valence-corrected chi connectivity index (χ1v) is 9.98. The molecule has 3 aliphatic rings. The summed E-state index contributed by atoms with van der Waals surface area (Å²) in [5.74, 6) is 0.813. The Morgan fingerprint density at radius 3 is 2.77 bits per heavy atom. The van der Waals surface area contributed by atoms with Gasteiger partial charge in [-0.05, 0) is 30.7 Å². The summed E-state index contributed by atoms with van der Waals surface area (Å²) in [7, 11) is 0. The summed E-state index contributed by atoms with van der Waals surface area (Å²) in [4.78, 5) is 17.3. The summed E-state index contributed by atoms with van der Waals surface area (Å²) < 4.78 is 11.8. The Bertz CT molecular complexity index is 603. The van der Waals surface area contributed by atoms with Crippen molar-refractivity contribution in [3.05, 3.63) is 35.9 Å². The first-order valence-electron chi connectivity index (χ1n) is 9.98. The standard InChI is InChI=1S/C21H30N2O3/c24-20(13-18-5-2-1-3-6-18)23-8-4-7-21(17-23)14-19(16-26-21)15-22-9-11-25-12-10-22/h1-3,5-6,19H,4,7-17H2/t19-,21+/m0/s1. The molecule has 142 valence electrons. The van der Waals surface area contributed by atoms with E-state index in [9.17, 15) is 4.79 Å². The fraction of sp³-hybridized carbons (Fsp3) is 0.667. The Hall–Kier alpha value is -1.43. The van der Waals surface area contributed by atoms with Crippen LogP contribution in [0.3, 0.4) is 0 Å². The molecule has 2 atom stereocenters. The SMILES string of the molecule is O=C(Cc1ccccc1)N1CCC[C@@]2(C[C@@H](CN3CCOCC3)CO2)C1. The molecule has 1 spiro atoms. The lowest BCUT2D eigenvalue weighted by molar-refractivity contribution is -0.138. The predicted octanol–water partition coefficient (Wildman–Crippen LogP) is 1.96. The van der Waals surface area contributed by atoms with Gasteiger partial charge in [-0.2, -0.15) is 0 Å². The van der Waals surface area contributed by atoms with Crippen molar-refractivity contribution in [1.82, 2.24) is 9.80 Å². The lowest BCUT2D eigenvalue weighted by atomic mass is 9.86. The number of hydrogen-bond acceptors (Lipinski definition) is 4. The van der Waals surface area contributed by atoms with E-state index in [0.717, 1.165) is 77.4 Å². The van der Waals surface area contributed by atoms with Crippen LogP contribution in [0, 0.1) is 5.92 Å². The molecule has 3 heterocycles. The van der Waals surface area contributed by atoms with Gasteiger partial charge in [0.25, 0.3) is 0 Å². The maximum absolute atomic E-state index is 12.8. The molecule has 0 saturated carbocycles. The molecule has 0 bridgehead atoms. The van der Waals surface area contributed by atoms with Gasteiger partial charge in [-0.3, -0.25) is 9.69 Å². The van der Waals surface area contributed by atoms with Crippen LogP contribution in [0.2, 0.25) is 0 Å².